The largest absolute Gasteiger partial charge is 0.395 e. The molecule has 0 unspecified atom stereocenters. The van der Waals surface area contributed by atoms with Gasteiger partial charge in [-0.3, -0.25) is 9.13 Å². The molecule has 0 aromatic carbocycles. The molecule has 0 saturated heterocycles. The van der Waals surface area contributed by atoms with E-state index in [0.717, 1.165) is 10.4 Å². The van der Waals surface area contributed by atoms with Crippen LogP contribution in [-0.4, -0.2) is 20.8 Å². The number of hydrogen-bond acceptors (Lipinski definition) is 3. The van der Waals surface area contributed by atoms with E-state index in [9.17, 15) is 4.79 Å². The molecule has 2 heterocycles. The monoisotopic (exact) mass is 276 g/mol. The standard InChI is InChI=1S/C14H16N2O2S/c1-2-15-7-8-16(14(15)18)11-13-12(6-10-19-13)5-3-4-9-17/h6-8,10,17H,2,4,9,11H2,1H3. The van der Waals surface area contributed by atoms with Gasteiger partial charge in [-0.05, 0) is 18.4 Å². The first-order valence-corrected chi connectivity index (χ1v) is 7.06. The minimum Gasteiger partial charge on any atom is -0.395 e. The molecule has 19 heavy (non-hydrogen) atoms. The zero-order chi connectivity index (χ0) is 13.7. The average Bonchev–Trinajstić information content (AvgIpc) is 2.99. The quantitative estimate of drug-likeness (QED) is 0.861. The minimum absolute atomic E-state index is 0.00478. The van der Waals surface area contributed by atoms with Crippen LogP contribution in [0.15, 0.2) is 28.6 Å². The van der Waals surface area contributed by atoms with E-state index in [-0.39, 0.29) is 12.3 Å². The van der Waals surface area contributed by atoms with Crippen molar-refractivity contribution in [2.75, 3.05) is 6.61 Å². The second-order valence-electron chi connectivity index (χ2n) is 4.03. The molecular weight excluding hydrogens is 260 g/mol. The molecule has 0 aliphatic carbocycles. The first-order valence-electron chi connectivity index (χ1n) is 6.18. The Morgan fingerprint density at radius 2 is 2.16 bits per heavy atom. The molecule has 5 heteroatoms. The van der Waals surface area contributed by atoms with E-state index in [2.05, 4.69) is 11.8 Å². The predicted molar refractivity (Wildman–Crippen MR) is 76.4 cm³/mol. The fraction of sp³-hybridized carbons (Fsp3) is 0.357. The van der Waals surface area contributed by atoms with Crippen molar-refractivity contribution >= 4 is 11.3 Å². The molecule has 0 spiro atoms. The molecule has 2 rings (SSSR count). The number of aromatic nitrogens is 2. The van der Waals surface area contributed by atoms with Crippen molar-refractivity contribution in [2.24, 2.45) is 0 Å². The SMILES string of the molecule is CCn1ccn(Cc2sccc2C#CCCO)c1=O. The van der Waals surface area contributed by atoms with E-state index in [4.69, 9.17) is 5.11 Å². The van der Waals surface area contributed by atoms with Crippen molar-refractivity contribution in [3.05, 3.63) is 44.8 Å². The molecule has 0 aliphatic rings. The Labute approximate surface area is 115 Å². The molecule has 0 saturated carbocycles. The Bertz CT molecular complexity index is 655. The lowest BCUT2D eigenvalue weighted by molar-refractivity contribution is 0.305. The second kappa shape index (κ2) is 6.41. The summed E-state index contributed by atoms with van der Waals surface area (Å²) in [7, 11) is 0. The van der Waals surface area contributed by atoms with Gasteiger partial charge in [0.25, 0.3) is 0 Å². The summed E-state index contributed by atoms with van der Waals surface area (Å²) in [4.78, 5) is 13.0. The Balaban J connectivity index is 2.20. The van der Waals surface area contributed by atoms with Crippen LogP contribution in [0, 0.1) is 11.8 Å². The summed E-state index contributed by atoms with van der Waals surface area (Å²) in [6.07, 6.45) is 4.07. The highest BCUT2D eigenvalue weighted by Gasteiger charge is 2.06. The normalized spacial score (nSPS) is 10.2. The number of aryl methyl sites for hydroxylation is 1. The van der Waals surface area contributed by atoms with Crippen LogP contribution < -0.4 is 5.69 Å². The van der Waals surface area contributed by atoms with Gasteiger partial charge in [0.1, 0.15) is 0 Å². The van der Waals surface area contributed by atoms with Gasteiger partial charge < -0.3 is 5.11 Å². The number of thiophene rings is 1. The van der Waals surface area contributed by atoms with Crippen molar-refractivity contribution in [3.63, 3.8) is 0 Å². The summed E-state index contributed by atoms with van der Waals surface area (Å²) in [5.41, 5.74) is 0.944. The third-order valence-electron chi connectivity index (χ3n) is 2.78. The van der Waals surface area contributed by atoms with Gasteiger partial charge in [0.05, 0.1) is 13.2 Å². The number of imidazole rings is 1. The highest BCUT2D eigenvalue weighted by atomic mass is 32.1. The summed E-state index contributed by atoms with van der Waals surface area (Å²) in [5, 5.41) is 10.7. The van der Waals surface area contributed by atoms with Crippen LogP contribution in [-0.2, 0) is 13.1 Å². The Kier molecular flexibility index (Phi) is 4.61. The van der Waals surface area contributed by atoms with E-state index in [1.54, 1.807) is 32.9 Å². The lowest BCUT2D eigenvalue weighted by Gasteiger charge is -2.00. The van der Waals surface area contributed by atoms with Crippen LogP contribution >= 0.6 is 11.3 Å². The molecule has 2 aromatic rings. The highest BCUT2D eigenvalue weighted by molar-refractivity contribution is 7.10. The molecule has 2 aromatic heterocycles. The van der Waals surface area contributed by atoms with Gasteiger partial charge >= 0.3 is 5.69 Å². The first kappa shape index (κ1) is 13.7. The first-order chi connectivity index (χ1) is 9.26. The van der Waals surface area contributed by atoms with Gasteiger partial charge in [-0.15, -0.1) is 11.3 Å². The second-order valence-corrected chi connectivity index (χ2v) is 5.03. The number of aliphatic hydroxyl groups is 1. The fourth-order valence-electron chi connectivity index (χ4n) is 1.76. The summed E-state index contributed by atoms with van der Waals surface area (Å²) in [6.45, 7) is 3.25. The van der Waals surface area contributed by atoms with Gasteiger partial charge in [-0.25, -0.2) is 4.79 Å². The van der Waals surface area contributed by atoms with Crippen molar-refractivity contribution in [2.45, 2.75) is 26.4 Å². The summed E-state index contributed by atoms with van der Waals surface area (Å²) < 4.78 is 3.36. The van der Waals surface area contributed by atoms with Crippen molar-refractivity contribution in [1.29, 1.82) is 0 Å². The van der Waals surface area contributed by atoms with E-state index in [1.807, 2.05) is 18.4 Å². The Morgan fingerprint density at radius 1 is 1.37 bits per heavy atom. The Hall–Kier alpha value is -1.77. The molecule has 0 bridgehead atoms. The average molecular weight is 276 g/mol. The number of aliphatic hydroxyl groups excluding tert-OH is 1. The zero-order valence-corrected chi connectivity index (χ0v) is 11.6. The highest BCUT2D eigenvalue weighted by Crippen LogP contribution is 2.16. The number of hydrogen-bond donors (Lipinski definition) is 1. The van der Waals surface area contributed by atoms with E-state index >= 15 is 0 Å². The third kappa shape index (κ3) is 3.16. The third-order valence-corrected chi connectivity index (χ3v) is 3.68. The van der Waals surface area contributed by atoms with Gasteiger partial charge in [0.15, 0.2) is 0 Å². The van der Waals surface area contributed by atoms with E-state index in [0.29, 0.717) is 19.5 Å². The lowest BCUT2D eigenvalue weighted by Crippen LogP contribution is -2.23. The maximum Gasteiger partial charge on any atom is 0.328 e. The molecule has 4 nitrogen and oxygen atoms in total. The van der Waals surface area contributed by atoms with Crippen LogP contribution in [0.2, 0.25) is 0 Å². The molecule has 0 fully saturated rings. The molecule has 100 valence electrons. The molecule has 0 aliphatic heterocycles. The van der Waals surface area contributed by atoms with Crippen LogP contribution in [0.1, 0.15) is 23.8 Å². The Morgan fingerprint density at radius 3 is 2.84 bits per heavy atom. The van der Waals surface area contributed by atoms with Crippen molar-refractivity contribution in [3.8, 4) is 11.8 Å². The van der Waals surface area contributed by atoms with E-state index in [1.165, 1.54) is 0 Å². The molecule has 0 amide bonds. The minimum atomic E-state index is 0.00478. The van der Waals surface area contributed by atoms with E-state index < -0.39 is 0 Å². The van der Waals surface area contributed by atoms with Crippen LogP contribution in [0.3, 0.4) is 0 Å². The fourth-order valence-corrected chi connectivity index (χ4v) is 2.59. The van der Waals surface area contributed by atoms with Crippen molar-refractivity contribution in [1.82, 2.24) is 9.13 Å². The maximum absolute atomic E-state index is 12.0. The van der Waals surface area contributed by atoms with Crippen LogP contribution in [0.5, 0.6) is 0 Å². The van der Waals surface area contributed by atoms with Crippen molar-refractivity contribution < 1.29 is 5.11 Å². The molecular formula is C14H16N2O2S. The number of rotatable bonds is 4. The van der Waals surface area contributed by atoms with Gasteiger partial charge in [0.2, 0.25) is 0 Å². The smallest absolute Gasteiger partial charge is 0.328 e. The van der Waals surface area contributed by atoms with Crippen LogP contribution in [0.25, 0.3) is 0 Å². The van der Waals surface area contributed by atoms with Crippen LogP contribution in [0.4, 0.5) is 0 Å². The topological polar surface area (TPSA) is 47.2 Å². The maximum atomic E-state index is 12.0. The summed E-state index contributed by atoms with van der Waals surface area (Å²) >= 11 is 1.59. The summed E-state index contributed by atoms with van der Waals surface area (Å²) in [6, 6.07) is 1.95. The van der Waals surface area contributed by atoms with Gasteiger partial charge in [-0.2, -0.15) is 0 Å². The molecule has 0 atom stereocenters. The zero-order valence-electron chi connectivity index (χ0n) is 10.8. The molecule has 0 radical (unpaired) electrons. The number of nitrogens with zero attached hydrogens (tertiary/aromatic N) is 2. The summed E-state index contributed by atoms with van der Waals surface area (Å²) in [5.74, 6) is 5.94. The predicted octanol–water partition coefficient (Wildman–Crippen LogP) is 1.51. The molecule has 1 N–H and O–H groups in total. The van der Waals surface area contributed by atoms with Gasteiger partial charge in [0, 0.05) is 35.8 Å². The van der Waals surface area contributed by atoms with Gasteiger partial charge in [-0.1, -0.05) is 11.8 Å². The lowest BCUT2D eigenvalue weighted by atomic mass is 10.2.